The van der Waals surface area contributed by atoms with Crippen molar-refractivity contribution < 1.29 is 52.0 Å². The van der Waals surface area contributed by atoms with Gasteiger partial charge in [0.25, 0.3) is 5.79 Å². The van der Waals surface area contributed by atoms with Gasteiger partial charge in [-0.2, -0.15) is 0 Å². The van der Waals surface area contributed by atoms with E-state index in [1.807, 2.05) is 0 Å². The topological polar surface area (TPSA) is 128 Å². The second kappa shape index (κ2) is 14.2. The molecule has 3 unspecified atom stereocenters. The molecule has 0 aromatic heterocycles. The van der Waals surface area contributed by atoms with E-state index in [-0.39, 0.29) is 28.5 Å². The molecule has 0 bridgehead atoms. The molecule has 0 amide bonds. The molecule has 2 aliphatic rings. The fraction of sp³-hybridized carbons (Fsp3) is 0.645. The number of rotatable bonds is 12. The van der Waals surface area contributed by atoms with Gasteiger partial charge in [0.05, 0.1) is 10.8 Å². The van der Waals surface area contributed by atoms with Crippen molar-refractivity contribution >= 4 is 37.8 Å². The predicted octanol–water partition coefficient (Wildman–Crippen LogP) is 6.12. The van der Waals surface area contributed by atoms with Crippen molar-refractivity contribution in [2.24, 2.45) is 0 Å². The molecule has 247 valence electrons. The van der Waals surface area contributed by atoms with E-state index in [4.69, 9.17) is 49.2 Å². The minimum atomic E-state index is -2.48. The number of hydrogen-bond acceptors (Lipinski definition) is 11. The van der Waals surface area contributed by atoms with Crippen molar-refractivity contribution in [3.8, 4) is 5.75 Å². The molecule has 6 atom stereocenters. The molecule has 2 saturated heterocycles. The van der Waals surface area contributed by atoms with E-state index in [2.05, 4.69) is 41.5 Å². The first-order valence-corrected chi connectivity index (χ1v) is 17.3. The Morgan fingerprint density at radius 3 is 1.98 bits per heavy atom. The summed E-state index contributed by atoms with van der Waals surface area (Å²) >= 11 is 6.73. The molecule has 3 rings (SSSR count). The molecular formula is C31H45ClO11Si-. The molecule has 11 nitrogen and oxygen atoms in total. The third-order valence-corrected chi connectivity index (χ3v) is 14.3. The van der Waals surface area contributed by atoms with Crippen molar-refractivity contribution in [1.82, 2.24) is 0 Å². The Labute approximate surface area is 265 Å². The number of ether oxygens (including phenoxy) is 7. The highest BCUT2D eigenvalue weighted by molar-refractivity contribution is 6.78. The smallest absolute Gasteiger partial charge is 0.307 e. The number of esters is 3. The van der Waals surface area contributed by atoms with Crippen LogP contribution in [0.3, 0.4) is 0 Å². The molecule has 2 fully saturated rings. The van der Waals surface area contributed by atoms with Crippen LogP contribution in [0.4, 0.5) is 0 Å². The molecule has 1 aromatic rings. The van der Waals surface area contributed by atoms with Crippen molar-refractivity contribution in [3.63, 3.8) is 0 Å². The molecule has 0 N–H and O–H groups in total. The quantitative estimate of drug-likeness (QED) is 0.0848. The number of benzene rings is 1. The second-order valence-corrected chi connectivity index (χ2v) is 17.8. The van der Waals surface area contributed by atoms with Crippen LogP contribution in [-0.2, 0) is 53.3 Å². The Morgan fingerprint density at radius 2 is 1.52 bits per heavy atom. The van der Waals surface area contributed by atoms with Gasteiger partial charge in [0, 0.05) is 41.8 Å². The van der Waals surface area contributed by atoms with Crippen LogP contribution in [0, 0.1) is 0 Å². The zero-order valence-electron chi connectivity index (χ0n) is 27.3. The highest BCUT2D eigenvalue weighted by Crippen LogP contribution is 2.49. The molecule has 44 heavy (non-hydrogen) atoms. The number of epoxide rings is 1. The van der Waals surface area contributed by atoms with Crippen LogP contribution < -0.4 is 4.43 Å². The summed E-state index contributed by atoms with van der Waals surface area (Å²) in [6.07, 6.45) is -3.81. The minimum Gasteiger partial charge on any atom is -0.687 e. The number of hydrogen-bond donors (Lipinski definition) is 0. The van der Waals surface area contributed by atoms with E-state index in [1.54, 1.807) is 25.1 Å². The number of carbonyl (C=O) groups excluding carboxylic acids is 3. The fourth-order valence-corrected chi connectivity index (χ4v) is 11.6. The molecule has 0 saturated carbocycles. The molecular weight excluding hydrogens is 612 g/mol. The molecule has 1 aromatic carbocycles. The van der Waals surface area contributed by atoms with Gasteiger partial charge >= 0.3 is 17.9 Å². The van der Waals surface area contributed by atoms with Crippen molar-refractivity contribution in [3.05, 3.63) is 40.8 Å². The van der Waals surface area contributed by atoms with E-state index in [0.717, 1.165) is 6.26 Å². The Morgan fingerprint density at radius 1 is 0.955 bits per heavy atom. The number of halogens is 1. The molecule has 0 radical (unpaired) electrons. The molecule has 2 aliphatic heterocycles. The highest BCUT2D eigenvalue weighted by atomic mass is 35.5. The van der Waals surface area contributed by atoms with Crippen molar-refractivity contribution in [2.45, 2.75) is 122 Å². The van der Waals surface area contributed by atoms with E-state index in [1.165, 1.54) is 27.9 Å². The maximum Gasteiger partial charge on any atom is 0.307 e. The van der Waals surface area contributed by atoms with Crippen LogP contribution in [0.25, 0.3) is 0 Å². The summed E-state index contributed by atoms with van der Waals surface area (Å²) in [4.78, 5) is 36.8. The molecule has 2 heterocycles. The Balaban J connectivity index is 2.27. The summed E-state index contributed by atoms with van der Waals surface area (Å²) in [5.74, 6) is -3.62. The van der Waals surface area contributed by atoms with Crippen molar-refractivity contribution in [2.75, 3.05) is 7.11 Å². The van der Waals surface area contributed by atoms with Crippen LogP contribution in [0.2, 0.25) is 21.6 Å². The third kappa shape index (κ3) is 7.42. The van der Waals surface area contributed by atoms with Crippen molar-refractivity contribution in [1.29, 1.82) is 0 Å². The lowest BCUT2D eigenvalue weighted by atomic mass is 9.89. The van der Waals surface area contributed by atoms with Crippen LogP contribution in [0.15, 0.2) is 30.2 Å². The summed E-state index contributed by atoms with van der Waals surface area (Å²) in [7, 11) is -1.13. The maximum atomic E-state index is 12.5. The van der Waals surface area contributed by atoms with Gasteiger partial charge in [0.2, 0.25) is 6.10 Å². The molecule has 0 aliphatic carbocycles. The predicted molar refractivity (Wildman–Crippen MR) is 163 cm³/mol. The summed E-state index contributed by atoms with van der Waals surface area (Å²) in [5.41, 5.74) is 1.07. The van der Waals surface area contributed by atoms with E-state index in [0.29, 0.717) is 16.3 Å². The first kappa shape index (κ1) is 35.8. The van der Waals surface area contributed by atoms with Crippen LogP contribution in [0.5, 0.6) is 5.75 Å². The summed E-state index contributed by atoms with van der Waals surface area (Å²) in [6.45, 7) is 18.4. The average Bonchev–Trinajstić information content (AvgIpc) is 3.62. The Kier molecular flexibility index (Phi) is 11.6. The number of methoxy groups -OCH3 is 1. The van der Waals surface area contributed by atoms with Crippen LogP contribution in [-0.4, -0.2) is 64.0 Å². The van der Waals surface area contributed by atoms with Gasteiger partial charge in [-0.05, 0) is 19.1 Å². The Hall–Kier alpha value is -2.64. The van der Waals surface area contributed by atoms with Gasteiger partial charge in [-0.15, -0.1) is 16.6 Å². The van der Waals surface area contributed by atoms with E-state index < -0.39 is 56.6 Å². The monoisotopic (exact) mass is 656 g/mol. The highest BCUT2D eigenvalue weighted by Gasteiger charge is 2.61. The maximum absolute atomic E-state index is 12.5. The SMILES string of the molecule is COC1(c2ccc(Cl)c(O[Si-](C(C)C)(C(C)C)C(C)C)c2)O/C(=C\OC(C)=O)[C@@H](OC2OC2C)[C@H](OC(C)=O)[C@H]1OC(C)=O. The fourth-order valence-electron chi connectivity index (χ4n) is 6.14. The zero-order chi connectivity index (χ0) is 33.1. The summed E-state index contributed by atoms with van der Waals surface area (Å²) < 4.78 is 47.6. The standard InChI is InChI=1S/C31H45ClO11Si/c1-16(2)44(17(3)4,18(5)6)43-25-14-23(12-13-24(25)32)31(36-11)29(40-22(10)35)28(39-21(9)34)27(41-30-19(7)38-30)26(42-31)15-37-20(8)33/h12-19,27-30H,1-11H3/q-1/b26-15-/t19?,27-,28+,29-,30?,31?/m1/s1. The van der Waals surface area contributed by atoms with Gasteiger partial charge < -0.3 is 37.6 Å². The normalized spacial score (nSPS) is 27.7. The van der Waals surface area contributed by atoms with Gasteiger partial charge in [0.15, 0.2) is 24.3 Å². The van der Waals surface area contributed by atoms with Gasteiger partial charge in [0.1, 0.15) is 12.4 Å². The minimum absolute atomic E-state index is 0.0629. The second-order valence-electron chi connectivity index (χ2n) is 12.0. The molecule has 0 spiro atoms. The van der Waals surface area contributed by atoms with Gasteiger partial charge in [-0.3, -0.25) is 14.4 Å². The van der Waals surface area contributed by atoms with Crippen LogP contribution in [0.1, 0.15) is 74.8 Å². The van der Waals surface area contributed by atoms with E-state index in [9.17, 15) is 14.4 Å². The lowest BCUT2D eigenvalue weighted by Crippen LogP contribution is -2.62. The largest absolute Gasteiger partial charge is 0.687 e. The molecule has 13 heteroatoms. The summed E-state index contributed by atoms with van der Waals surface area (Å²) in [5, 5.41) is 0.368. The van der Waals surface area contributed by atoms with Gasteiger partial charge in [-0.1, -0.05) is 59.2 Å². The summed E-state index contributed by atoms with van der Waals surface area (Å²) in [6, 6.07) is 4.96. The first-order chi connectivity index (χ1) is 20.5. The lowest BCUT2D eigenvalue weighted by molar-refractivity contribution is -0.327. The zero-order valence-corrected chi connectivity index (χ0v) is 29.1. The Bertz CT molecular complexity index is 1230. The van der Waals surface area contributed by atoms with E-state index >= 15 is 0 Å². The van der Waals surface area contributed by atoms with Crippen LogP contribution >= 0.6 is 11.6 Å². The lowest BCUT2D eigenvalue weighted by Gasteiger charge is -2.55. The third-order valence-electron chi connectivity index (χ3n) is 8.02. The van der Waals surface area contributed by atoms with Gasteiger partial charge in [-0.25, -0.2) is 0 Å². The first-order valence-electron chi connectivity index (χ1n) is 14.8. The average molecular weight is 657 g/mol. The number of carbonyl (C=O) groups is 3.